The quantitative estimate of drug-likeness (QED) is 0.788. The molecule has 2 heterocycles. The first-order valence-electron chi connectivity index (χ1n) is 7.35. The van der Waals surface area contributed by atoms with E-state index >= 15 is 0 Å². The molecule has 0 aromatic heterocycles. The van der Waals surface area contributed by atoms with Crippen LogP contribution in [0, 0.1) is 0 Å². The lowest BCUT2D eigenvalue weighted by Gasteiger charge is -2.33. The summed E-state index contributed by atoms with van der Waals surface area (Å²) in [6.07, 6.45) is 2.64. The van der Waals surface area contributed by atoms with Gasteiger partial charge in [-0.1, -0.05) is 18.6 Å². The van der Waals surface area contributed by atoms with Gasteiger partial charge in [0.05, 0.1) is 5.75 Å². The van der Waals surface area contributed by atoms with Crippen molar-refractivity contribution < 1.29 is 13.2 Å². The van der Waals surface area contributed by atoms with E-state index in [1.807, 2.05) is 18.2 Å². The highest BCUT2D eigenvalue weighted by Gasteiger charge is 2.38. The summed E-state index contributed by atoms with van der Waals surface area (Å²) in [6, 6.07) is 5.70. The largest absolute Gasteiger partial charge is 0.398 e. The van der Waals surface area contributed by atoms with Crippen LogP contribution in [-0.4, -0.2) is 36.8 Å². The lowest BCUT2D eigenvalue weighted by molar-refractivity contribution is -0.131. The Bertz CT molecular complexity index is 669. The van der Waals surface area contributed by atoms with Crippen molar-refractivity contribution in [2.24, 2.45) is 0 Å². The summed E-state index contributed by atoms with van der Waals surface area (Å²) >= 11 is 0. The van der Waals surface area contributed by atoms with Gasteiger partial charge in [-0.15, -0.1) is 0 Å². The molecule has 2 aliphatic heterocycles. The van der Waals surface area contributed by atoms with Crippen molar-refractivity contribution in [3.63, 3.8) is 0 Å². The number of carbonyl (C=O) groups is 1. The van der Waals surface area contributed by atoms with Gasteiger partial charge in [0.2, 0.25) is 5.91 Å². The van der Waals surface area contributed by atoms with Gasteiger partial charge in [-0.3, -0.25) is 4.79 Å². The van der Waals surface area contributed by atoms with Gasteiger partial charge < -0.3 is 10.6 Å². The first kappa shape index (κ1) is 14.4. The lowest BCUT2D eigenvalue weighted by Crippen LogP contribution is -2.47. The predicted octanol–water partition coefficient (Wildman–Crippen LogP) is 1.12. The number of nitrogens with zero attached hydrogens (tertiary/aromatic N) is 1. The highest BCUT2D eigenvalue weighted by molar-refractivity contribution is 7.92. The minimum atomic E-state index is -3.27. The van der Waals surface area contributed by atoms with Crippen LogP contribution in [0.5, 0.6) is 0 Å². The van der Waals surface area contributed by atoms with Crippen LogP contribution in [0.1, 0.15) is 30.4 Å². The van der Waals surface area contributed by atoms with E-state index in [1.54, 1.807) is 4.90 Å². The predicted molar refractivity (Wildman–Crippen MR) is 81.4 cm³/mol. The van der Waals surface area contributed by atoms with Crippen molar-refractivity contribution in [2.75, 3.05) is 18.0 Å². The van der Waals surface area contributed by atoms with Crippen molar-refractivity contribution in [1.29, 1.82) is 0 Å². The van der Waals surface area contributed by atoms with Crippen LogP contribution < -0.4 is 5.73 Å². The summed E-state index contributed by atoms with van der Waals surface area (Å²) in [7, 11) is -3.27. The van der Waals surface area contributed by atoms with E-state index < -0.39 is 15.1 Å². The molecule has 3 rings (SSSR count). The molecule has 1 fully saturated rings. The second-order valence-electron chi connectivity index (χ2n) is 5.85. The molecular weight excluding hydrogens is 288 g/mol. The van der Waals surface area contributed by atoms with E-state index in [-0.39, 0.29) is 11.7 Å². The number of amides is 1. The summed E-state index contributed by atoms with van der Waals surface area (Å²) in [5.41, 5.74) is 8.83. The number of anilines is 1. The van der Waals surface area contributed by atoms with E-state index in [0.717, 1.165) is 23.2 Å². The zero-order valence-corrected chi connectivity index (χ0v) is 12.7. The molecular formula is C15H20N2O3S. The third kappa shape index (κ3) is 2.64. The number of rotatable bonds is 1. The fraction of sp³-hybridized carbons (Fsp3) is 0.533. The SMILES string of the molecule is Nc1cccc2c1CCN(C(=O)C1CCCCS1(=O)=O)C2. The Labute approximate surface area is 125 Å². The second kappa shape index (κ2) is 5.33. The van der Waals surface area contributed by atoms with Crippen molar-refractivity contribution in [3.8, 4) is 0 Å². The maximum absolute atomic E-state index is 12.6. The van der Waals surface area contributed by atoms with E-state index in [4.69, 9.17) is 5.73 Å². The van der Waals surface area contributed by atoms with Gasteiger partial charge in [-0.2, -0.15) is 0 Å². The molecule has 21 heavy (non-hydrogen) atoms. The fourth-order valence-electron chi connectivity index (χ4n) is 3.26. The van der Waals surface area contributed by atoms with E-state index in [9.17, 15) is 13.2 Å². The number of carbonyl (C=O) groups excluding carboxylic acids is 1. The molecule has 0 bridgehead atoms. The van der Waals surface area contributed by atoms with Crippen LogP contribution >= 0.6 is 0 Å². The Morgan fingerprint density at radius 2 is 2.10 bits per heavy atom. The van der Waals surface area contributed by atoms with Crippen molar-refractivity contribution >= 4 is 21.4 Å². The summed E-state index contributed by atoms with van der Waals surface area (Å²) in [4.78, 5) is 14.3. The van der Waals surface area contributed by atoms with E-state index in [0.29, 0.717) is 32.4 Å². The maximum atomic E-state index is 12.6. The average molecular weight is 308 g/mol. The number of nitrogen functional groups attached to an aromatic ring is 1. The Morgan fingerprint density at radius 3 is 2.86 bits per heavy atom. The van der Waals surface area contributed by atoms with Crippen LogP contribution in [0.25, 0.3) is 0 Å². The molecule has 5 nitrogen and oxygen atoms in total. The number of hydrogen-bond donors (Lipinski definition) is 1. The number of sulfone groups is 1. The Balaban J connectivity index is 1.81. The molecule has 0 spiro atoms. The molecule has 2 N–H and O–H groups in total. The van der Waals surface area contributed by atoms with Crippen LogP contribution in [0.3, 0.4) is 0 Å². The van der Waals surface area contributed by atoms with Gasteiger partial charge in [0.1, 0.15) is 5.25 Å². The molecule has 1 unspecified atom stereocenters. The highest BCUT2D eigenvalue weighted by Crippen LogP contribution is 2.27. The Hall–Kier alpha value is -1.56. The zero-order valence-electron chi connectivity index (χ0n) is 11.9. The fourth-order valence-corrected chi connectivity index (χ4v) is 5.14. The van der Waals surface area contributed by atoms with Crippen LogP contribution in [0.2, 0.25) is 0 Å². The third-order valence-electron chi connectivity index (χ3n) is 4.47. The average Bonchev–Trinajstić information content (AvgIpc) is 2.46. The monoisotopic (exact) mass is 308 g/mol. The maximum Gasteiger partial charge on any atom is 0.241 e. The van der Waals surface area contributed by atoms with Gasteiger partial charge in [-0.05, 0) is 36.5 Å². The van der Waals surface area contributed by atoms with Gasteiger partial charge >= 0.3 is 0 Å². The van der Waals surface area contributed by atoms with Crippen LogP contribution in [-0.2, 0) is 27.6 Å². The van der Waals surface area contributed by atoms with E-state index in [1.165, 1.54) is 0 Å². The first-order chi connectivity index (χ1) is 9.99. The molecule has 1 atom stereocenters. The summed E-state index contributed by atoms with van der Waals surface area (Å²) in [5.74, 6) is -0.0939. The van der Waals surface area contributed by atoms with Crippen LogP contribution in [0.15, 0.2) is 18.2 Å². The van der Waals surface area contributed by atoms with Crippen molar-refractivity contribution in [1.82, 2.24) is 4.90 Å². The van der Waals surface area contributed by atoms with Crippen molar-refractivity contribution in [3.05, 3.63) is 29.3 Å². The molecule has 1 aromatic rings. The topological polar surface area (TPSA) is 80.5 Å². The van der Waals surface area contributed by atoms with Crippen LogP contribution in [0.4, 0.5) is 5.69 Å². The highest BCUT2D eigenvalue weighted by atomic mass is 32.2. The molecule has 1 aromatic carbocycles. The summed E-state index contributed by atoms with van der Waals surface area (Å²) in [6.45, 7) is 1.01. The van der Waals surface area contributed by atoms with Gasteiger partial charge in [0, 0.05) is 18.8 Å². The summed E-state index contributed by atoms with van der Waals surface area (Å²) < 4.78 is 24.2. The summed E-state index contributed by atoms with van der Waals surface area (Å²) in [5, 5.41) is -0.839. The van der Waals surface area contributed by atoms with E-state index in [2.05, 4.69) is 0 Å². The van der Waals surface area contributed by atoms with Gasteiger partial charge in [0.25, 0.3) is 0 Å². The molecule has 0 radical (unpaired) electrons. The number of hydrogen-bond acceptors (Lipinski definition) is 4. The number of benzene rings is 1. The third-order valence-corrected chi connectivity index (χ3v) is 6.63. The molecule has 0 aliphatic carbocycles. The molecule has 114 valence electrons. The molecule has 2 aliphatic rings. The molecule has 1 amide bonds. The molecule has 0 saturated carbocycles. The standard InChI is InChI=1S/C15H20N2O3S/c16-13-5-3-4-11-10-17(8-7-12(11)13)15(18)14-6-1-2-9-21(14,19)20/h3-5,14H,1-2,6-10,16H2. The minimum absolute atomic E-state index is 0.140. The van der Waals surface area contributed by atoms with Gasteiger partial charge in [-0.25, -0.2) is 8.42 Å². The molecule has 1 saturated heterocycles. The Kier molecular flexibility index (Phi) is 3.65. The number of fused-ring (bicyclic) bond motifs is 1. The van der Waals surface area contributed by atoms with Crippen molar-refractivity contribution in [2.45, 2.75) is 37.5 Å². The first-order valence-corrected chi connectivity index (χ1v) is 9.07. The zero-order chi connectivity index (χ0) is 15.0. The normalized spacial score (nSPS) is 24.4. The lowest BCUT2D eigenvalue weighted by atomic mass is 9.97. The Morgan fingerprint density at radius 1 is 1.29 bits per heavy atom. The molecule has 6 heteroatoms. The van der Waals surface area contributed by atoms with Gasteiger partial charge in [0.15, 0.2) is 9.84 Å². The second-order valence-corrected chi connectivity index (χ2v) is 8.15. The minimum Gasteiger partial charge on any atom is -0.398 e. The number of nitrogens with two attached hydrogens (primary N) is 1. The smallest absolute Gasteiger partial charge is 0.241 e.